The quantitative estimate of drug-likeness (QED) is 0.633. The number of benzene rings is 2. The first-order valence-electron chi connectivity index (χ1n) is 8.79. The third-order valence-electron chi connectivity index (χ3n) is 4.38. The lowest BCUT2D eigenvalue weighted by molar-refractivity contribution is 0.0981. The fraction of sp³-hybridized carbons (Fsp3) is 0.150. The Bertz CT molecular complexity index is 1040. The zero-order valence-electron chi connectivity index (χ0n) is 14.8. The lowest BCUT2D eigenvalue weighted by Crippen LogP contribution is -2.35. The van der Waals surface area contributed by atoms with E-state index in [0.717, 1.165) is 24.1 Å². The Kier molecular flexibility index (Phi) is 5.27. The average molecular weight is 413 g/mol. The minimum atomic E-state index is -0.445. The van der Waals surface area contributed by atoms with Gasteiger partial charge in [0.15, 0.2) is 5.13 Å². The molecule has 1 aliphatic heterocycles. The number of nitrogens with one attached hydrogen (secondary N) is 2. The van der Waals surface area contributed by atoms with Crippen molar-refractivity contribution >= 4 is 51.4 Å². The highest BCUT2D eigenvalue weighted by molar-refractivity contribution is 7.14. The van der Waals surface area contributed by atoms with Crippen LogP contribution >= 0.6 is 22.9 Å². The smallest absolute Gasteiger partial charge is 0.308 e. The Labute approximate surface area is 171 Å². The molecule has 2 N–H and O–H groups in total. The predicted molar refractivity (Wildman–Crippen MR) is 113 cm³/mol. The van der Waals surface area contributed by atoms with E-state index < -0.39 is 6.03 Å². The number of nitrogens with zero attached hydrogens (tertiary/aromatic N) is 2. The molecule has 0 aliphatic carbocycles. The van der Waals surface area contributed by atoms with Crippen molar-refractivity contribution in [1.29, 1.82) is 0 Å². The first-order chi connectivity index (χ1) is 13.6. The molecule has 0 atom stereocenters. The van der Waals surface area contributed by atoms with Gasteiger partial charge in [-0.05, 0) is 42.7 Å². The number of hydrogen-bond acceptors (Lipinski definition) is 4. The summed E-state index contributed by atoms with van der Waals surface area (Å²) >= 11 is 7.12. The van der Waals surface area contributed by atoms with Crippen molar-refractivity contribution in [2.24, 2.45) is 0 Å². The van der Waals surface area contributed by atoms with Gasteiger partial charge in [-0.25, -0.2) is 9.78 Å². The normalized spacial score (nSPS) is 13.0. The van der Waals surface area contributed by atoms with Crippen LogP contribution in [0.5, 0.6) is 0 Å². The van der Waals surface area contributed by atoms with Crippen molar-refractivity contribution in [2.75, 3.05) is 22.1 Å². The van der Waals surface area contributed by atoms with Crippen LogP contribution < -0.4 is 15.5 Å². The molecule has 28 heavy (non-hydrogen) atoms. The Morgan fingerprint density at radius 3 is 2.82 bits per heavy atom. The Morgan fingerprint density at radius 1 is 1.11 bits per heavy atom. The summed E-state index contributed by atoms with van der Waals surface area (Å²) in [6.07, 6.45) is 1.88. The largest absolute Gasteiger partial charge is 0.325 e. The average Bonchev–Trinajstić information content (AvgIpc) is 3.15. The summed E-state index contributed by atoms with van der Waals surface area (Å²) in [5.74, 6) is -0.160. The molecule has 2 heterocycles. The lowest BCUT2D eigenvalue weighted by Gasteiger charge is -2.28. The Balaban J connectivity index is 1.44. The van der Waals surface area contributed by atoms with Crippen molar-refractivity contribution in [3.05, 3.63) is 70.2 Å². The molecule has 0 radical (unpaired) electrons. The number of carbonyl (C=O) groups is 2. The standard InChI is InChI=1S/C20H17ClN4O2S/c21-14-7-3-8-15(11-14)22-19(27)24-20-23-16(12-28-20)18(26)25-10-4-6-13-5-1-2-9-17(13)25/h1-3,5,7-9,11-12H,4,6,10H2,(H2,22,23,24,27). The van der Waals surface area contributed by atoms with Crippen molar-refractivity contribution in [2.45, 2.75) is 12.8 Å². The van der Waals surface area contributed by atoms with Crippen LogP contribution in [0.3, 0.4) is 0 Å². The Morgan fingerprint density at radius 2 is 1.96 bits per heavy atom. The van der Waals surface area contributed by atoms with Gasteiger partial charge < -0.3 is 10.2 Å². The molecule has 0 bridgehead atoms. The number of carbonyl (C=O) groups excluding carboxylic acids is 2. The minimum Gasteiger partial charge on any atom is -0.308 e. The van der Waals surface area contributed by atoms with E-state index in [9.17, 15) is 9.59 Å². The molecule has 0 spiro atoms. The Hall–Kier alpha value is -2.90. The number of aromatic nitrogens is 1. The first-order valence-corrected chi connectivity index (χ1v) is 10.0. The summed E-state index contributed by atoms with van der Waals surface area (Å²) in [4.78, 5) is 31.1. The zero-order chi connectivity index (χ0) is 19.5. The summed E-state index contributed by atoms with van der Waals surface area (Å²) in [5.41, 5.74) is 2.99. The van der Waals surface area contributed by atoms with Crippen molar-refractivity contribution in [3.63, 3.8) is 0 Å². The van der Waals surface area contributed by atoms with Gasteiger partial charge in [0.2, 0.25) is 0 Å². The SMILES string of the molecule is O=C(Nc1cccc(Cl)c1)Nc1nc(C(=O)N2CCCc3ccccc32)cs1. The number of anilines is 3. The molecule has 1 aliphatic rings. The highest BCUT2D eigenvalue weighted by atomic mass is 35.5. The summed E-state index contributed by atoms with van der Waals surface area (Å²) < 4.78 is 0. The van der Waals surface area contributed by atoms with E-state index in [1.165, 1.54) is 11.3 Å². The van der Waals surface area contributed by atoms with E-state index in [-0.39, 0.29) is 5.91 Å². The van der Waals surface area contributed by atoms with Crippen molar-refractivity contribution < 1.29 is 9.59 Å². The third-order valence-corrected chi connectivity index (χ3v) is 5.37. The highest BCUT2D eigenvalue weighted by Crippen LogP contribution is 2.29. The van der Waals surface area contributed by atoms with Gasteiger partial charge in [0.1, 0.15) is 5.69 Å². The molecule has 0 saturated heterocycles. The van der Waals surface area contributed by atoms with Gasteiger partial charge in [0.05, 0.1) is 0 Å². The van der Waals surface area contributed by atoms with E-state index >= 15 is 0 Å². The second-order valence-corrected chi connectivity index (χ2v) is 7.61. The van der Waals surface area contributed by atoms with E-state index in [2.05, 4.69) is 15.6 Å². The zero-order valence-corrected chi connectivity index (χ0v) is 16.4. The molecule has 3 aromatic rings. The highest BCUT2D eigenvalue weighted by Gasteiger charge is 2.25. The van der Waals surface area contributed by atoms with Crippen LogP contribution in [-0.2, 0) is 6.42 Å². The molecule has 3 amide bonds. The molecule has 6 nitrogen and oxygen atoms in total. The maximum atomic E-state index is 12.9. The van der Waals surface area contributed by atoms with Crippen LogP contribution in [0.1, 0.15) is 22.5 Å². The lowest BCUT2D eigenvalue weighted by atomic mass is 10.0. The van der Waals surface area contributed by atoms with Crippen LogP contribution in [0.15, 0.2) is 53.9 Å². The predicted octanol–water partition coefficient (Wildman–Crippen LogP) is 5.03. The van der Waals surface area contributed by atoms with Crippen LogP contribution in [0, 0.1) is 0 Å². The van der Waals surface area contributed by atoms with Crippen LogP contribution in [0.25, 0.3) is 0 Å². The van der Waals surface area contributed by atoms with Gasteiger partial charge in [-0.15, -0.1) is 11.3 Å². The number of para-hydroxylation sites is 1. The summed E-state index contributed by atoms with van der Waals surface area (Å²) in [7, 11) is 0. The maximum Gasteiger partial charge on any atom is 0.325 e. The first kappa shape index (κ1) is 18.5. The van der Waals surface area contributed by atoms with Crippen molar-refractivity contribution in [1.82, 2.24) is 4.98 Å². The molecular formula is C20H17ClN4O2S. The summed E-state index contributed by atoms with van der Waals surface area (Å²) in [5, 5.41) is 7.88. The number of thiazole rings is 1. The number of aryl methyl sites for hydroxylation is 1. The molecule has 0 unspecified atom stereocenters. The second-order valence-electron chi connectivity index (χ2n) is 6.32. The van der Waals surface area contributed by atoms with Crippen LogP contribution in [0.4, 0.5) is 21.3 Å². The fourth-order valence-corrected chi connectivity index (χ4v) is 4.01. The number of urea groups is 1. The van der Waals surface area contributed by atoms with Crippen molar-refractivity contribution in [3.8, 4) is 0 Å². The van der Waals surface area contributed by atoms with E-state index in [1.54, 1.807) is 34.5 Å². The molecule has 8 heteroatoms. The van der Waals surface area contributed by atoms with E-state index in [0.29, 0.717) is 28.1 Å². The van der Waals surface area contributed by atoms with Gasteiger partial charge >= 0.3 is 6.03 Å². The number of amides is 3. The third kappa shape index (κ3) is 4.00. The fourth-order valence-electron chi connectivity index (χ4n) is 3.14. The summed E-state index contributed by atoms with van der Waals surface area (Å²) in [6, 6.07) is 14.3. The topological polar surface area (TPSA) is 74.3 Å². The van der Waals surface area contributed by atoms with Crippen LogP contribution in [0.2, 0.25) is 5.02 Å². The van der Waals surface area contributed by atoms with Gasteiger partial charge in [0, 0.05) is 28.3 Å². The van der Waals surface area contributed by atoms with E-state index in [4.69, 9.17) is 11.6 Å². The molecule has 0 fully saturated rings. The summed E-state index contributed by atoms with van der Waals surface area (Å²) in [6.45, 7) is 0.658. The number of halogens is 1. The number of fused-ring (bicyclic) bond motifs is 1. The second kappa shape index (κ2) is 8.00. The number of rotatable bonds is 3. The minimum absolute atomic E-state index is 0.160. The maximum absolute atomic E-state index is 12.9. The molecule has 1 aromatic heterocycles. The molecule has 0 saturated carbocycles. The molecular weight excluding hydrogens is 396 g/mol. The van der Waals surface area contributed by atoms with E-state index in [1.807, 2.05) is 24.3 Å². The number of hydrogen-bond donors (Lipinski definition) is 2. The molecule has 2 aromatic carbocycles. The van der Waals surface area contributed by atoms with Gasteiger partial charge in [-0.3, -0.25) is 10.1 Å². The van der Waals surface area contributed by atoms with Crippen LogP contribution in [-0.4, -0.2) is 23.5 Å². The van der Waals surface area contributed by atoms with Gasteiger partial charge in [0.25, 0.3) is 5.91 Å². The van der Waals surface area contributed by atoms with Gasteiger partial charge in [-0.1, -0.05) is 35.9 Å². The molecule has 4 rings (SSSR count). The monoisotopic (exact) mass is 412 g/mol. The molecule has 142 valence electrons. The van der Waals surface area contributed by atoms with Gasteiger partial charge in [-0.2, -0.15) is 0 Å².